The molecule has 0 bridgehead atoms. The molecule has 2 aromatic heterocycles. The molecular weight excluding hydrogens is 821 g/mol. The maximum Gasteiger partial charge on any atom is 0.407 e. The van der Waals surface area contributed by atoms with E-state index in [0.717, 1.165) is 64.3 Å². The summed E-state index contributed by atoms with van der Waals surface area (Å²) in [4.78, 5) is 74.0. The van der Waals surface area contributed by atoms with Gasteiger partial charge in [0.15, 0.2) is 0 Å². The largest absolute Gasteiger partial charge is 0.501 e. The van der Waals surface area contributed by atoms with Gasteiger partial charge in [-0.3, -0.25) is 14.4 Å². The maximum atomic E-state index is 14.5. The zero-order chi connectivity index (χ0) is 45.7. The molecule has 65 heavy (non-hydrogen) atoms. The Morgan fingerprint density at radius 2 is 1.37 bits per heavy atom. The standard InChI is InChI=1S/C51H56N8O6/c1-27(2)42(57-51(63)65-7)49(61)58-26-38(30(5)64-6)29(4)45(58)47-53-25-40(55-47)34-19-15-32(16-20-34)31-13-17-33(18-14-31)39-24-52-46(54-39)41-23-37-28(3)44(37)59(41)50(62)43(35-11-9-8-10-12-35)56-48(60)36-21-22-36/h8-20,24-25,27-28,36-38,41-45H,4-5,21-23,26H2,1-3,6-7H3,(H,52,54)(H,53,55)(H,56,60)(H,57,63). The number of rotatable bonds is 14. The summed E-state index contributed by atoms with van der Waals surface area (Å²) in [6.07, 6.45) is 5.45. The smallest absolute Gasteiger partial charge is 0.407 e. The normalized spacial score (nSPS) is 23.1. The van der Waals surface area contributed by atoms with Crippen molar-refractivity contribution in [2.75, 3.05) is 20.8 Å². The number of benzene rings is 3. The molecule has 14 heteroatoms. The number of fused-ring (bicyclic) bond motifs is 1. The van der Waals surface area contributed by atoms with Gasteiger partial charge in [-0.15, -0.1) is 0 Å². The topological polar surface area (TPSA) is 175 Å². The van der Waals surface area contributed by atoms with E-state index in [1.54, 1.807) is 18.2 Å². The van der Waals surface area contributed by atoms with Gasteiger partial charge in [-0.2, -0.15) is 0 Å². The Labute approximate surface area is 378 Å². The lowest BCUT2D eigenvalue weighted by atomic mass is 9.97. The first-order chi connectivity index (χ1) is 31.4. The van der Waals surface area contributed by atoms with Crippen molar-refractivity contribution in [3.63, 3.8) is 0 Å². The molecule has 336 valence electrons. The third kappa shape index (κ3) is 8.33. The SMILES string of the molecule is C=C(OC)C1CN(C(=O)C(NC(=O)OC)C(C)C)C(c2ncc(-c3ccc(-c4ccc(-c5cnc(C6CC7C(C)C7N6C(=O)C(NC(=O)C6CC6)c6ccccc6)[nH]5)cc4)cc3)[nH]2)C1=C. The van der Waals surface area contributed by atoms with Crippen LogP contribution in [0.15, 0.2) is 116 Å². The first-order valence-corrected chi connectivity index (χ1v) is 22.4. The van der Waals surface area contributed by atoms with E-state index in [0.29, 0.717) is 29.0 Å². The molecule has 4 heterocycles. The van der Waals surface area contributed by atoms with Gasteiger partial charge < -0.3 is 39.9 Å². The molecule has 2 saturated carbocycles. The molecule has 2 aliphatic heterocycles. The molecule has 2 aliphatic carbocycles. The predicted molar refractivity (Wildman–Crippen MR) is 245 cm³/mol. The number of hydrogen-bond donors (Lipinski definition) is 4. The summed E-state index contributed by atoms with van der Waals surface area (Å²) < 4.78 is 10.3. The number of H-pyrrole nitrogens is 2. The van der Waals surface area contributed by atoms with Crippen molar-refractivity contribution in [2.24, 2.45) is 29.6 Å². The van der Waals surface area contributed by atoms with Crippen LogP contribution in [0, 0.1) is 29.6 Å². The van der Waals surface area contributed by atoms with Gasteiger partial charge in [0, 0.05) is 18.5 Å². The molecule has 0 spiro atoms. The number of imidazole rings is 2. The monoisotopic (exact) mass is 876 g/mol. The third-order valence-corrected chi connectivity index (χ3v) is 13.8. The lowest BCUT2D eigenvalue weighted by molar-refractivity contribution is -0.139. The first kappa shape index (κ1) is 43.3. The van der Waals surface area contributed by atoms with Crippen LogP contribution in [0.2, 0.25) is 0 Å². The van der Waals surface area contributed by atoms with E-state index in [2.05, 4.69) is 77.1 Å². The molecule has 8 unspecified atom stereocenters. The number of alkyl carbamates (subject to hydrolysis) is 1. The number of nitrogens with zero attached hydrogens (tertiary/aromatic N) is 4. The van der Waals surface area contributed by atoms with Crippen LogP contribution >= 0.6 is 0 Å². The predicted octanol–water partition coefficient (Wildman–Crippen LogP) is 7.91. The zero-order valence-electron chi connectivity index (χ0n) is 37.4. The summed E-state index contributed by atoms with van der Waals surface area (Å²) in [6, 6.07) is 23.7. The van der Waals surface area contributed by atoms with E-state index < -0.39 is 24.2 Å². The highest BCUT2D eigenvalue weighted by Crippen LogP contribution is 2.58. The highest BCUT2D eigenvalue weighted by Gasteiger charge is 2.61. The minimum atomic E-state index is -0.831. The molecule has 4 N–H and O–H groups in total. The van der Waals surface area contributed by atoms with Crippen molar-refractivity contribution in [1.82, 2.24) is 40.4 Å². The first-order valence-electron chi connectivity index (χ1n) is 22.4. The Kier molecular flexibility index (Phi) is 11.7. The van der Waals surface area contributed by atoms with E-state index in [-0.39, 0.29) is 54.1 Å². The van der Waals surface area contributed by atoms with Crippen molar-refractivity contribution >= 4 is 23.8 Å². The van der Waals surface area contributed by atoms with Gasteiger partial charge in [0.2, 0.25) is 11.8 Å². The number of ether oxygens (including phenoxy) is 2. The quantitative estimate of drug-likeness (QED) is 0.0644. The van der Waals surface area contributed by atoms with E-state index in [9.17, 15) is 19.2 Å². The highest BCUT2D eigenvalue weighted by atomic mass is 16.5. The van der Waals surface area contributed by atoms with Crippen LogP contribution in [0.3, 0.4) is 0 Å². The molecule has 0 radical (unpaired) electrons. The zero-order valence-corrected chi connectivity index (χ0v) is 37.4. The number of nitrogens with one attached hydrogen (secondary N) is 4. The summed E-state index contributed by atoms with van der Waals surface area (Å²) in [5, 5.41) is 5.79. The number of carbonyl (C=O) groups excluding carboxylic acids is 4. The van der Waals surface area contributed by atoms with Crippen molar-refractivity contribution in [3.05, 3.63) is 133 Å². The summed E-state index contributed by atoms with van der Waals surface area (Å²) in [7, 11) is 2.81. The molecule has 4 fully saturated rings. The summed E-state index contributed by atoms with van der Waals surface area (Å²) in [5.41, 5.74) is 7.08. The number of carbonyl (C=O) groups is 4. The van der Waals surface area contributed by atoms with Crippen LogP contribution in [0.25, 0.3) is 33.6 Å². The average Bonchev–Trinajstić information content (AvgIpc) is 3.92. The van der Waals surface area contributed by atoms with Gasteiger partial charge in [-0.1, -0.05) is 113 Å². The van der Waals surface area contributed by atoms with Crippen LogP contribution in [0.1, 0.15) is 75.4 Å². The van der Waals surface area contributed by atoms with E-state index in [4.69, 9.17) is 19.4 Å². The number of methoxy groups -OCH3 is 2. The minimum absolute atomic E-state index is 0.0115. The molecule has 9 rings (SSSR count). The summed E-state index contributed by atoms with van der Waals surface area (Å²) in [5.74, 6) is 1.60. The minimum Gasteiger partial charge on any atom is -0.501 e. The molecule has 5 aromatic rings. The Balaban J connectivity index is 0.895. The number of amides is 4. The van der Waals surface area contributed by atoms with Crippen molar-refractivity contribution in [2.45, 2.75) is 70.2 Å². The number of hydrogen-bond acceptors (Lipinski definition) is 8. The van der Waals surface area contributed by atoms with Crippen LogP contribution < -0.4 is 10.6 Å². The molecule has 8 atom stereocenters. The Morgan fingerprint density at radius 1 is 0.785 bits per heavy atom. The van der Waals surface area contributed by atoms with Gasteiger partial charge in [-0.25, -0.2) is 14.8 Å². The van der Waals surface area contributed by atoms with E-state index in [1.165, 1.54) is 7.11 Å². The molecule has 2 saturated heterocycles. The number of likely N-dealkylation sites (tertiary alicyclic amines) is 2. The Morgan fingerprint density at radius 3 is 1.94 bits per heavy atom. The summed E-state index contributed by atoms with van der Waals surface area (Å²) >= 11 is 0. The molecule has 4 aliphatic rings. The van der Waals surface area contributed by atoms with Gasteiger partial charge >= 0.3 is 6.09 Å². The Hall–Kier alpha value is -6.96. The molecule has 3 aromatic carbocycles. The second-order valence-electron chi connectivity index (χ2n) is 18.2. The van der Waals surface area contributed by atoms with Crippen LogP contribution in [-0.4, -0.2) is 86.4 Å². The fraction of sp³-hybridized carbons (Fsp3) is 0.373. The molecule has 14 nitrogen and oxygen atoms in total. The van der Waals surface area contributed by atoms with E-state index >= 15 is 0 Å². The Bertz CT molecular complexity index is 2620. The summed E-state index contributed by atoms with van der Waals surface area (Å²) in [6.45, 7) is 14.6. The fourth-order valence-corrected chi connectivity index (χ4v) is 9.79. The molecule has 4 amide bonds. The van der Waals surface area contributed by atoms with Gasteiger partial charge in [0.05, 0.1) is 55.7 Å². The number of aromatic nitrogens is 4. The van der Waals surface area contributed by atoms with Crippen LogP contribution in [-0.2, 0) is 23.9 Å². The number of aromatic amines is 2. The third-order valence-electron chi connectivity index (χ3n) is 13.8. The highest BCUT2D eigenvalue weighted by molar-refractivity contribution is 5.91. The van der Waals surface area contributed by atoms with Crippen LogP contribution in [0.5, 0.6) is 0 Å². The van der Waals surface area contributed by atoms with Crippen LogP contribution in [0.4, 0.5) is 4.79 Å². The van der Waals surface area contributed by atoms with Gasteiger partial charge in [0.25, 0.3) is 5.91 Å². The van der Waals surface area contributed by atoms with Crippen molar-refractivity contribution in [1.29, 1.82) is 0 Å². The number of piperidine rings is 1. The van der Waals surface area contributed by atoms with Gasteiger partial charge in [-0.05, 0) is 70.4 Å². The average molecular weight is 877 g/mol. The van der Waals surface area contributed by atoms with Crippen molar-refractivity contribution in [3.8, 4) is 33.6 Å². The molecular formula is C51H56N8O6. The second-order valence-corrected chi connectivity index (χ2v) is 18.2. The van der Waals surface area contributed by atoms with E-state index in [1.807, 2.05) is 67.4 Å². The lowest BCUT2D eigenvalue weighted by Gasteiger charge is -2.31. The maximum absolute atomic E-state index is 14.5. The second kappa shape index (κ2) is 17.5. The lowest BCUT2D eigenvalue weighted by Crippen LogP contribution is -2.51. The fourth-order valence-electron chi connectivity index (χ4n) is 9.79. The van der Waals surface area contributed by atoms with Crippen molar-refractivity contribution < 1.29 is 28.7 Å². The van der Waals surface area contributed by atoms with Gasteiger partial charge in [0.1, 0.15) is 29.8 Å².